The maximum absolute atomic E-state index is 12.1. The standard InChI is InChI=1S/C14H17NO4/c1-8-4-3-5-11(19-2)12(8)15-13(16)9-6-7-10(9)14(17)18/h3-5,9-10H,6-7H2,1-2H3,(H,15,16)(H,17,18). The van der Waals surface area contributed by atoms with Crippen LogP contribution in [-0.4, -0.2) is 24.1 Å². The van der Waals surface area contributed by atoms with Crippen molar-refractivity contribution in [2.45, 2.75) is 19.8 Å². The maximum atomic E-state index is 12.1. The molecule has 0 radical (unpaired) electrons. The van der Waals surface area contributed by atoms with E-state index in [1.165, 1.54) is 7.11 Å². The molecule has 0 saturated heterocycles. The molecule has 0 spiro atoms. The van der Waals surface area contributed by atoms with Crippen molar-refractivity contribution < 1.29 is 19.4 Å². The van der Waals surface area contributed by atoms with E-state index in [-0.39, 0.29) is 5.91 Å². The molecule has 19 heavy (non-hydrogen) atoms. The highest BCUT2D eigenvalue weighted by atomic mass is 16.5. The highest BCUT2D eigenvalue weighted by Crippen LogP contribution is 2.36. The van der Waals surface area contributed by atoms with Gasteiger partial charge in [0.25, 0.3) is 0 Å². The fourth-order valence-corrected chi connectivity index (χ4v) is 2.30. The molecular weight excluding hydrogens is 246 g/mol. The van der Waals surface area contributed by atoms with E-state index in [1.807, 2.05) is 19.1 Å². The highest BCUT2D eigenvalue weighted by Gasteiger charge is 2.41. The third kappa shape index (κ3) is 2.54. The van der Waals surface area contributed by atoms with Crippen LogP contribution >= 0.6 is 0 Å². The van der Waals surface area contributed by atoms with E-state index >= 15 is 0 Å². The normalized spacial score (nSPS) is 21.4. The van der Waals surface area contributed by atoms with E-state index in [0.29, 0.717) is 24.3 Å². The number of aryl methyl sites for hydroxylation is 1. The zero-order valence-electron chi connectivity index (χ0n) is 11.0. The van der Waals surface area contributed by atoms with E-state index in [4.69, 9.17) is 9.84 Å². The summed E-state index contributed by atoms with van der Waals surface area (Å²) in [6.07, 6.45) is 1.19. The van der Waals surface area contributed by atoms with E-state index in [2.05, 4.69) is 5.32 Å². The van der Waals surface area contributed by atoms with Gasteiger partial charge in [-0.3, -0.25) is 9.59 Å². The molecule has 1 aromatic carbocycles. The molecule has 1 saturated carbocycles. The first-order valence-electron chi connectivity index (χ1n) is 6.22. The van der Waals surface area contributed by atoms with Crippen molar-refractivity contribution in [1.29, 1.82) is 0 Å². The number of carbonyl (C=O) groups excluding carboxylic acids is 1. The van der Waals surface area contributed by atoms with Gasteiger partial charge < -0.3 is 15.2 Å². The average molecular weight is 263 g/mol. The number of hydrogen-bond acceptors (Lipinski definition) is 3. The van der Waals surface area contributed by atoms with Crippen molar-refractivity contribution in [3.05, 3.63) is 23.8 Å². The summed E-state index contributed by atoms with van der Waals surface area (Å²) in [4.78, 5) is 23.0. The van der Waals surface area contributed by atoms with Crippen molar-refractivity contribution in [2.75, 3.05) is 12.4 Å². The molecule has 5 nitrogen and oxygen atoms in total. The second kappa shape index (κ2) is 5.30. The molecule has 5 heteroatoms. The zero-order valence-corrected chi connectivity index (χ0v) is 11.0. The molecule has 2 rings (SSSR count). The number of amides is 1. The van der Waals surface area contributed by atoms with Crippen molar-refractivity contribution in [3.63, 3.8) is 0 Å². The third-order valence-electron chi connectivity index (χ3n) is 3.63. The number of anilines is 1. The van der Waals surface area contributed by atoms with E-state index < -0.39 is 17.8 Å². The van der Waals surface area contributed by atoms with Crippen LogP contribution in [0, 0.1) is 18.8 Å². The summed E-state index contributed by atoms with van der Waals surface area (Å²) in [5.41, 5.74) is 1.50. The lowest BCUT2D eigenvalue weighted by Crippen LogP contribution is -2.41. The first kappa shape index (κ1) is 13.4. The topological polar surface area (TPSA) is 75.6 Å². The minimum Gasteiger partial charge on any atom is -0.495 e. The summed E-state index contributed by atoms with van der Waals surface area (Å²) < 4.78 is 5.20. The predicted octanol–water partition coefficient (Wildman–Crippen LogP) is 2.05. The molecule has 0 heterocycles. The van der Waals surface area contributed by atoms with Crippen molar-refractivity contribution in [2.24, 2.45) is 11.8 Å². The number of carbonyl (C=O) groups is 2. The minimum absolute atomic E-state index is 0.244. The Hall–Kier alpha value is -2.04. The summed E-state index contributed by atoms with van der Waals surface area (Å²) in [6, 6.07) is 5.47. The average Bonchev–Trinajstić information content (AvgIpc) is 2.29. The maximum Gasteiger partial charge on any atom is 0.307 e. The number of carboxylic acid groups (broad SMARTS) is 1. The lowest BCUT2D eigenvalue weighted by molar-refractivity contribution is -0.151. The summed E-state index contributed by atoms with van der Waals surface area (Å²) in [5.74, 6) is -1.56. The van der Waals surface area contributed by atoms with Crippen molar-refractivity contribution >= 4 is 17.6 Å². The lowest BCUT2D eigenvalue weighted by atomic mass is 9.73. The first-order valence-corrected chi connectivity index (χ1v) is 6.22. The Kier molecular flexibility index (Phi) is 3.74. The molecule has 1 aliphatic carbocycles. The summed E-state index contributed by atoms with van der Waals surface area (Å²) >= 11 is 0. The Labute approximate surface area is 111 Å². The third-order valence-corrected chi connectivity index (χ3v) is 3.63. The number of rotatable bonds is 4. The molecule has 1 fully saturated rings. The Morgan fingerprint density at radius 3 is 2.53 bits per heavy atom. The zero-order chi connectivity index (χ0) is 14.0. The van der Waals surface area contributed by atoms with Crippen LogP contribution in [0.15, 0.2) is 18.2 Å². The predicted molar refractivity (Wildman–Crippen MR) is 70.2 cm³/mol. The smallest absolute Gasteiger partial charge is 0.307 e. The monoisotopic (exact) mass is 263 g/mol. The fraction of sp³-hybridized carbons (Fsp3) is 0.429. The lowest BCUT2D eigenvalue weighted by Gasteiger charge is -2.32. The number of aliphatic carboxylic acids is 1. The van der Waals surface area contributed by atoms with Crippen LogP contribution in [0.25, 0.3) is 0 Å². The number of hydrogen-bond donors (Lipinski definition) is 2. The van der Waals surface area contributed by atoms with Gasteiger partial charge in [-0.25, -0.2) is 0 Å². The van der Waals surface area contributed by atoms with Crippen LogP contribution in [0.3, 0.4) is 0 Å². The van der Waals surface area contributed by atoms with Gasteiger partial charge in [0.05, 0.1) is 24.6 Å². The Morgan fingerprint density at radius 2 is 2.00 bits per heavy atom. The summed E-state index contributed by atoms with van der Waals surface area (Å²) in [5, 5.41) is 11.8. The van der Waals surface area contributed by atoms with E-state index in [9.17, 15) is 9.59 Å². The van der Waals surface area contributed by atoms with Gasteiger partial charge in [-0.05, 0) is 31.4 Å². The largest absolute Gasteiger partial charge is 0.495 e. The van der Waals surface area contributed by atoms with Crippen LogP contribution in [0.4, 0.5) is 5.69 Å². The molecule has 2 unspecified atom stereocenters. The molecule has 0 bridgehead atoms. The second-order valence-electron chi connectivity index (χ2n) is 4.77. The molecular formula is C14H17NO4. The number of methoxy groups -OCH3 is 1. The highest BCUT2D eigenvalue weighted by molar-refractivity contribution is 5.97. The Morgan fingerprint density at radius 1 is 1.32 bits per heavy atom. The number of carboxylic acids is 1. The number of nitrogens with one attached hydrogen (secondary N) is 1. The van der Waals surface area contributed by atoms with E-state index in [0.717, 1.165) is 5.56 Å². The molecule has 0 aromatic heterocycles. The Balaban J connectivity index is 2.13. The van der Waals surface area contributed by atoms with Gasteiger partial charge in [0.2, 0.25) is 5.91 Å². The van der Waals surface area contributed by atoms with Gasteiger partial charge >= 0.3 is 5.97 Å². The fourth-order valence-electron chi connectivity index (χ4n) is 2.30. The van der Waals surface area contributed by atoms with Gasteiger partial charge in [-0.1, -0.05) is 12.1 Å². The van der Waals surface area contributed by atoms with Gasteiger partial charge in [0.1, 0.15) is 5.75 Å². The molecule has 1 amide bonds. The Bertz CT molecular complexity index is 512. The molecule has 2 atom stereocenters. The first-order chi connectivity index (χ1) is 9.04. The quantitative estimate of drug-likeness (QED) is 0.871. The van der Waals surface area contributed by atoms with Crippen LogP contribution in [0.5, 0.6) is 5.75 Å². The molecule has 1 aliphatic rings. The summed E-state index contributed by atoms with van der Waals surface area (Å²) in [7, 11) is 1.54. The van der Waals surface area contributed by atoms with Crippen molar-refractivity contribution in [3.8, 4) is 5.75 Å². The van der Waals surface area contributed by atoms with E-state index in [1.54, 1.807) is 6.07 Å². The van der Waals surface area contributed by atoms with Gasteiger partial charge in [-0.15, -0.1) is 0 Å². The molecule has 0 aliphatic heterocycles. The second-order valence-corrected chi connectivity index (χ2v) is 4.77. The SMILES string of the molecule is COc1cccc(C)c1NC(=O)C1CCC1C(=O)O. The number of benzene rings is 1. The number of ether oxygens (including phenoxy) is 1. The van der Waals surface area contributed by atoms with Crippen LogP contribution in [0.1, 0.15) is 18.4 Å². The van der Waals surface area contributed by atoms with Gasteiger partial charge in [0.15, 0.2) is 0 Å². The minimum atomic E-state index is -0.900. The van der Waals surface area contributed by atoms with Gasteiger partial charge in [0, 0.05) is 0 Å². The van der Waals surface area contributed by atoms with Crippen molar-refractivity contribution in [1.82, 2.24) is 0 Å². The molecule has 102 valence electrons. The van der Waals surface area contributed by atoms with Crippen LogP contribution in [-0.2, 0) is 9.59 Å². The molecule has 2 N–H and O–H groups in total. The van der Waals surface area contributed by atoms with Gasteiger partial charge in [-0.2, -0.15) is 0 Å². The summed E-state index contributed by atoms with van der Waals surface area (Å²) in [6.45, 7) is 1.87. The van der Waals surface area contributed by atoms with Crippen LogP contribution < -0.4 is 10.1 Å². The molecule has 1 aromatic rings. The van der Waals surface area contributed by atoms with Crippen LogP contribution in [0.2, 0.25) is 0 Å². The number of para-hydroxylation sites is 1.